The standard InChI is InChI=1S/C15H17ClN2O2.CHF3O3S/c1-15-9-3-4-12(15)13(14(19)20-2)18(17-15)11-7-5-10(16)6-8-11;2-1(3,4)8(5,6)7/h5-8,12H,3-4,9H2,1-2H3;(H,5,6,7)/t12-,15-;/m0./s1. The van der Waals surface area contributed by atoms with Gasteiger partial charge in [-0.25, -0.2) is 13.2 Å². The van der Waals surface area contributed by atoms with E-state index in [2.05, 4.69) is 12.3 Å². The fourth-order valence-electron chi connectivity index (χ4n) is 3.34. The largest absolute Gasteiger partial charge is 0.741 e. The molecule has 0 bridgehead atoms. The number of esters is 1. The normalized spacial score (nSPS) is 24.2. The van der Waals surface area contributed by atoms with Crippen molar-refractivity contribution in [2.75, 3.05) is 7.11 Å². The Morgan fingerprint density at radius 2 is 1.89 bits per heavy atom. The molecule has 28 heavy (non-hydrogen) atoms. The number of carbonyl (C=O) groups is 1. The number of nitrogens with one attached hydrogen (secondary N) is 1. The van der Waals surface area contributed by atoms with Crippen molar-refractivity contribution in [3.8, 4) is 0 Å². The number of hydrazine groups is 1. The van der Waals surface area contributed by atoms with Crippen LogP contribution in [0, 0.1) is 5.92 Å². The smallest absolute Gasteiger partial charge is 0.485 e. The lowest BCUT2D eigenvalue weighted by Gasteiger charge is -2.19. The van der Waals surface area contributed by atoms with Crippen molar-refractivity contribution in [1.82, 2.24) is 5.43 Å². The Morgan fingerprint density at radius 3 is 2.36 bits per heavy atom. The van der Waals surface area contributed by atoms with E-state index in [1.54, 1.807) is 0 Å². The monoisotopic (exact) mass is 442 g/mol. The van der Waals surface area contributed by atoms with E-state index in [9.17, 15) is 18.0 Å². The number of rotatable bonds is 2. The quantitative estimate of drug-likeness (QED) is 0.327. The molecule has 7 nitrogen and oxygen atoms in total. The molecule has 1 aromatic carbocycles. The Hall–Kier alpha value is -1.85. The number of benzene rings is 1. The first-order valence-corrected chi connectivity index (χ1v) is 9.89. The number of carbonyl (C=O) groups excluding carboxylic acids is 1. The number of ether oxygens (including phenoxy) is 1. The average molecular weight is 443 g/mol. The maximum atomic E-state index is 12.2. The molecule has 1 fully saturated rings. The second kappa shape index (κ2) is 7.88. The zero-order chi connectivity index (χ0) is 21.3. The Bertz CT molecular complexity index is 887. The predicted molar refractivity (Wildman–Crippen MR) is 93.0 cm³/mol. The van der Waals surface area contributed by atoms with Crippen LogP contribution < -0.4 is 5.43 Å². The van der Waals surface area contributed by atoms with Crippen LogP contribution in [0.25, 0.3) is 0 Å². The van der Waals surface area contributed by atoms with Crippen molar-refractivity contribution in [2.24, 2.45) is 5.92 Å². The van der Waals surface area contributed by atoms with Crippen LogP contribution in [-0.2, 0) is 19.6 Å². The number of methoxy groups -OCH3 is 1. The highest BCUT2D eigenvalue weighted by molar-refractivity contribution is 7.86. The third-order valence-corrected chi connectivity index (χ3v) is 5.48. The Morgan fingerprint density at radius 1 is 1.36 bits per heavy atom. The molecule has 0 spiro atoms. The Kier molecular flexibility index (Phi) is 6.31. The van der Waals surface area contributed by atoms with E-state index in [-0.39, 0.29) is 17.4 Å². The summed E-state index contributed by atoms with van der Waals surface area (Å²) in [6.07, 6.45) is 3.20. The third-order valence-electron chi connectivity index (χ3n) is 4.66. The first-order chi connectivity index (χ1) is 12.8. The summed E-state index contributed by atoms with van der Waals surface area (Å²) in [6.45, 7) is 2.17. The lowest BCUT2D eigenvalue weighted by molar-refractivity contribution is -0.509. The van der Waals surface area contributed by atoms with Crippen molar-refractivity contribution in [1.29, 1.82) is 0 Å². The summed E-state index contributed by atoms with van der Waals surface area (Å²) in [5.41, 5.74) is -0.618. The predicted octanol–water partition coefficient (Wildman–Crippen LogP) is 2.73. The summed E-state index contributed by atoms with van der Waals surface area (Å²) < 4.78 is 65.7. The lowest BCUT2D eigenvalue weighted by atomic mass is 9.87. The second-order valence-electron chi connectivity index (χ2n) is 6.56. The summed E-state index contributed by atoms with van der Waals surface area (Å²) in [6, 6.07) is 7.46. The third kappa shape index (κ3) is 4.58. The fourth-order valence-corrected chi connectivity index (χ4v) is 3.47. The van der Waals surface area contributed by atoms with Gasteiger partial charge in [0.05, 0.1) is 13.0 Å². The number of hydrogen-bond acceptors (Lipinski definition) is 6. The highest BCUT2D eigenvalue weighted by atomic mass is 35.5. The van der Waals surface area contributed by atoms with E-state index in [0.29, 0.717) is 10.7 Å². The molecule has 2 atom stereocenters. The van der Waals surface area contributed by atoms with Gasteiger partial charge in [0.1, 0.15) is 5.54 Å². The van der Waals surface area contributed by atoms with E-state index < -0.39 is 15.6 Å². The molecule has 1 saturated carbocycles. The minimum Gasteiger partial charge on any atom is -0.741 e. The van der Waals surface area contributed by atoms with Crippen LogP contribution in [0.1, 0.15) is 26.2 Å². The van der Waals surface area contributed by atoms with Gasteiger partial charge in [-0.05, 0) is 38.3 Å². The summed E-state index contributed by atoms with van der Waals surface area (Å²) in [7, 11) is -4.66. The molecule has 12 heteroatoms. The molecule has 0 amide bonds. The van der Waals surface area contributed by atoms with Gasteiger partial charge in [0.2, 0.25) is 5.69 Å². The van der Waals surface area contributed by atoms with Crippen LogP contribution in [0.4, 0.5) is 18.9 Å². The number of nitrogens with zero attached hydrogens (tertiary/aromatic N) is 1. The average Bonchev–Trinajstić information content (AvgIpc) is 3.07. The second-order valence-corrected chi connectivity index (χ2v) is 8.37. The van der Waals surface area contributed by atoms with Crippen LogP contribution in [0.15, 0.2) is 24.3 Å². The number of hydrogen-bond donors (Lipinski definition) is 1. The van der Waals surface area contributed by atoms with Gasteiger partial charge >= 0.3 is 17.2 Å². The number of halogens is 4. The van der Waals surface area contributed by atoms with Crippen LogP contribution >= 0.6 is 11.6 Å². The number of hydrazone groups is 1. The maximum absolute atomic E-state index is 12.2. The van der Waals surface area contributed by atoms with E-state index >= 15 is 0 Å². The highest BCUT2D eigenvalue weighted by Gasteiger charge is 2.57. The molecule has 1 heterocycles. The van der Waals surface area contributed by atoms with E-state index in [0.717, 1.165) is 24.9 Å². The van der Waals surface area contributed by atoms with Gasteiger partial charge in [-0.2, -0.15) is 18.6 Å². The van der Waals surface area contributed by atoms with Crippen LogP contribution in [-0.4, -0.2) is 47.5 Å². The molecule has 1 aromatic rings. The molecule has 156 valence electrons. The van der Waals surface area contributed by atoms with Crippen molar-refractivity contribution in [2.45, 2.75) is 37.2 Å². The van der Waals surface area contributed by atoms with Gasteiger partial charge < -0.3 is 9.29 Å². The molecule has 0 aromatic heterocycles. The first kappa shape index (κ1) is 22.4. The lowest BCUT2D eigenvalue weighted by Crippen LogP contribution is -2.42. The Labute approximate surface area is 164 Å². The fraction of sp³-hybridized carbons (Fsp3) is 0.500. The van der Waals surface area contributed by atoms with Crippen LogP contribution in [0.3, 0.4) is 0 Å². The van der Waals surface area contributed by atoms with Gasteiger partial charge in [0.25, 0.3) is 0 Å². The highest BCUT2D eigenvalue weighted by Crippen LogP contribution is 2.41. The molecule has 0 saturated heterocycles. The minimum atomic E-state index is -6.09. The van der Waals surface area contributed by atoms with Gasteiger partial charge in [-0.3, -0.25) is 0 Å². The van der Waals surface area contributed by atoms with Crippen LogP contribution in [0.2, 0.25) is 5.02 Å². The molecular weight excluding hydrogens is 425 g/mol. The summed E-state index contributed by atoms with van der Waals surface area (Å²) in [5, 5.41) is 0.680. The molecule has 0 radical (unpaired) electrons. The van der Waals surface area contributed by atoms with Crippen molar-refractivity contribution >= 4 is 39.1 Å². The maximum Gasteiger partial charge on any atom is 0.485 e. The van der Waals surface area contributed by atoms with Crippen molar-refractivity contribution in [3.05, 3.63) is 29.3 Å². The van der Waals surface area contributed by atoms with Gasteiger partial charge in [-0.15, -0.1) is 0 Å². The number of fused-ring (bicyclic) bond motifs is 1. The molecule has 1 aliphatic heterocycles. The van der Waals surface area contributed by atoms with E-state index in [4.69, 9.17) is 29.3 Å². The van der Waals surface area contributed by atoms with Gasteiger partial charge in [-0.1, -0.05) is 16.3 Å². The number of alkyl halides is 3. The first-order valence-electron chi connectivity index (χ1n) is 8.11. The SMILES string of the molecule is COC(=O)C1=[N+](c2ccc(Cl)cc2)N[C@@]2(C)CCC[C@@H]12.O=S(=O)([O-])C(F)(F)F. The molecule has 3 rings (SSSR count). The molecule has 2 aliphatic rings. The molecule has 0 unspecified atom stereocenters. The summed E-state index contributed by atoms with van der Waals surface area (Å²) in [4.78, 5) is 12.2. The van der Waals surface area contributed by atoms with Crippen molar-refractivity contribution < 1.29 is 40.4 Å². The Balaban J connectivity index is 0.000000300. The van der Waals surface area contributed by atoms with E-state index in [1.807, 2.05) is 28.9 Å². The molecule has 1 N–H and O–H groups in total. The van der Waals surface area contributed by atoms with Gasteiger partial charge in [0.15, 0.2) is 10.1 Å². The van der Waals surface area contributed by atoms with Crippen molar-refractivity contribution in [3.63, 3.8) is 0 Å². The molecule has 1 aliphatic carbocycles. The van der Waals surface area contributed by atoms with Crippen LogP contribution in [0.5, 0.6) is 0 Å². The molecular formula is C16H18ClF3N2O5S. The summed E-state index contributed by atoms with van der Waals surface area (Å²) in [5.74, 6) is -0.0614. The zero-order valence-corrected chi connectivity index (χ0v) is 16.5. The zero-order valence-electron chi connectivity index (χ0n) is 14.9. The van der Waals surface area contributed by atoms with Gasteiger partial charge in [0, 0.05) is 17.2 Å². The minimum absolute atomic E-state index is 0.0663. The summed E-state index contributed by atoms with van der Waals surface area (Å²) >= 11 is 5.93. The topological polar surface area (TPSA) is 98.5 Å². The van der Waals surface area contributed by atoms with E-state index in [1.165, 1.54) is 7.11 Å².